The highest BCUT2D eigenvalue weighted by Gasteiger charge is 2.13. The van der Waals surface area contributed by atoms with E-state index >= 15 is 0 Å². The molecule has 2 heterocycles. The van der Waals surface area contributed by atoms with Gasteiger partial charge in [0.1, 0.15) is 5.82 Å². The van der Waals surface area contributed by atoms with Gasteiger partial charge in [0.25, 0.3) is 0 Å². The SMILES string of the molecule is Cn1ncc(/C(N)=N\O)c1-n1cccc1. The fraction of sp³-hybridized carbons (Fsp3) is 0.111. The lowest BCUT2D eigenvalue weighted by atomic mass is 10.3. The van der Waals surface area contributed by atoms with Gasteiger partial charge in [0, 0.05) is 19.4 Å². The van der Waals surface area contributed by atoms with Crippen LogP contribution in [0.2, 0.25) is 0 Å². The van der Waals surface area contributed by atoms with Crippen molar-refractivity contribution in [2.24, 2.45) is 17.9 Å². The highest BCUT2D eigenvalue weighted by molar-refractivity contribution is 5.99. The molecule has 2 rings (SSSR count). The number of aromatic nitrogens is 3. The topological polar surface area (TPSA) is 81.4 Å². The fourth-order valence-electron chi connectivity index (χ4n) is 1.45. The molecule has 0 saturated carbocycles. The van der Waals surface area contributed by atoms with Crippen LogP contribution in [0.4, 0.5) is 0 Å². The molecule has 6 nitrogen and oxygen atoms in total. The fourth-order valence-corrected chi connectivity index (χ4v) is 1.45. The van der Waals surface area contributed by atoms with Crippen LogP contribution in [0.25, 0.3) is 5.82 Å². The molecule has 0 radical (unpaired) electrons. The Morgan fingerprint density at radius 2 is 2.13 bits per heavy atom. The number of rotatable bonds is 2. The van der Waals surface area contributed by atoms with E-state index in [4.69, 9.17) is 10.9 Å². The second-order valence-electron chi connectivity index (χ2n) is 3.08. The van der Waals surface area contributed by atoms with Crippen LogP contribution >= 0.6 is 0 Å². The lowest BCUT2D eigenvalue weighted by Gasteiger charge is -2.05. The maximum Gasteiger partial charge on any atom is 0.175 e. The van der Waals surface area contributed by atoms with E-state index in [1.54, 1.807) is 17.9 Å². The third-order valence-corrected chi connectivity index (χ3v) is 2.14. The predicted octanol–water partition coefficient (Wildman–Crippen LogP) is 0.305. The Bertz CT molecular complexity index is 483. The molecule has 0 spiro atoms. The Morgan fingerprint density at radius 1 is 1.47 bits per heavy atom. The van der Waals surface area contributed by atoms with Crippen LogP contribution in [0.5, 0.6) is 0 Å². The first-order chi connectivity index (χ1) is 7.24. The Hall–Kier alpha value is -2.24. The highest BCUT2D eigenvalue weighted by atomic mass is 16.4. The van der Waals surface area contributed by atoms with E-state index in [0.717, 1.165) is 5.82 Å². The summed E-state index contributed by atoms with van der Waals surface area (Å²) in [5, 5.41) is 15.7. The maximum absolute atomic E-state index is 8.64. The molecule has 0 bridgehead atoms. The average Bonchev–Trinajstić information content (AvgIpc) is 2.85. The molecular weight excluding hydrogens is 194 g/mol. The molecule has 0 aliphatic heterocycles. The van der Waals surface area contributed by atoms with Gasteiger partial charge in [-0.2, -0.15) is 5.10 Å². The molecule has 2 aromatic heterocycles. The number of hydrogen-bond acceptors (Lipinski definition) is 3. The standard InChI is InChI=1S/C9H11N5O/c1-13-9(14-4-2-3-5-14)7(6-11-13)8(10)12-15/h2-6,15H,1H3,(H2,10,12). The molecule has 0 aliphatic carbocycles. The summed E-state index contributed by atoms with van der Waals surface area (Å²) >= 11 is 0. The molecule has 6 heteroatoms. The molecule has 2 aromatic rings. The number of nitrogens with two attached hydrogens (primary N) is 1. The lowest BCUT2D eigenvalue weighted by Crippen LogP contribution is -2.16. The van der Waals surface area contributed by atoms with E-state index in [-0.39, 0.29) is 5.84 Å². The van der Waals surface area contributed by atoms with Gasteiger partial charge in [-0.25, -0.2) is 0 Å². The van der Waals surface area contributed by atoms with Crippen molar-refractivity contribution in [1.82, 2.24) is 14.3 Å². The summed E-state index contributed by atoms with van der Waals surface area (Å²) in [7, 11) is 1.80. The quantitative estimate of drug-likeness (QED) is 0.320. The lowest BCUT2D eigenvalue weighted by molar-refractivity contribution is 0.318. The minimum absolute atomic E-state index is 0.0480. The van der Waals surface area contributed by atoms with Crippen molar-refractivity contribution in [1.29, 1.82) is 0 Å². The van der Waals surface area contributed by atoms with Crippen molar-refractivity contribution < 1.29 is 5.21 Å². The van der Waals surface area contributed by atoms with Gasteiger partial charge in [0.05, 0.1) is 11.8 Å². The van der Waals surface area contributed by atoms with Gasteiger partial charge in [-0.3, -0.25) is 4.68 Å². The van der Waals surface area contributed by atoms with Gasteiger partial charge < -0.3 is 15.5 Å². The summed E-state index contributed by atoms with van der Waals surface area (Å²) in [6.07, 6.45) is 5.29. The molecule has 0 saturated heterocycles. The Labute approximate surface area is 86.2 Å². The predicted molar refractivity (Wildman–Crippen MR) is 55.0 cm³/mol. The molecule has 0 unspecified atom stereocenters. The monoisotopic (exact) mass is 205 g/mol. The molecule has 0 fully saturated rings. The molecule has 78 valence electrons. The van der Waals surface area contributed by atoms with E-state index in [1.165, 1.54) is 0 Å². The summed E-state index contributed by atoms with van der Waals surface area (Å²) in [5.74, 6) is 0.808. The van der Waals surface area contributed by atoms with E-state index in [0.29, 0.717) is 5.56 Å². The van der Waals surface area contributed by atoms with Gasteiger partial charge in [-0.1, -0.05) is 5.16 Å². The third-order valence-electron chi connectivity index (χ3n) is 2.14. The molecule has 0 amide bonds. The second-order valence-corrected chi connectivity index (χ2v) is 3.08. The van der Waals surface area contributed by atoms with Crippen LogP contribution in [0.1, 0.15) is 5.56 Å². The smallest absolute Gasteiger partial charge is 0.175 e. The Morgan fingerprint density at radius 3 is 2.73 bits per heavy atom. The second kappa shape index (κ2) is 3.49. The Balaban J connectivity index is 2.60. The van der Waals surface area contributed by atoms with Gasteiger partial charge in [0.2, 0.25) is 0 Å². The average molecular weight is 205 g/mol. The molecule has 15 heavy (non-hydrogen) atoms. The summed E-state index contributed by atoms with van der Waals surface area (Å²) < 4.78 is 3.51. The van der Waals surface area contributed by atoms with Crippen LogP contribution in [0, 0.1) is 0 Å². The van der Waals surface area contributed by atoms with Gasteiger partial charge in [-0.15, -0.1) is 0 Å². The zero-order valence-corrected chi connectivity index (χ0v) is 8.20. The number of aryl methyl sites for hydroxylation is 1. The van der Waals surface area contributed by atoms with E-state index in [1.807, 2.05) is 29.1 Å². The van der Waals surface area contributed by atoms with Gasteiger partial charge in [0.15, 0.2) is 5.84 Å². The van der Waals surface area contributed by atoms with Gasteiger partial charge >= 0.3 is 0 Å². The number of oxime groups is 1. The summed E-state index contributed by atoms with van der Waals surface area (Å²) in [4.78, 5) is 0. The van der Waals surface area contributed by atoms with Crippen LogP contribution in [0.15, 0.2) is 35.9 Å². The molecule has 3 N–H and O–H groups in total. The normalized spacial score (nSPS) is 11.9. The van der Waals surface area contributed by atoms with E-state index in [9.17, 15) is 0 Å². The van der Waals surface area contributed by atoms with Gasteiger partial charge in [-0.05, 0) is 12.1 Å². The highest BCUT2D eigenvalue weighted by Crippen LogP contribution is 2.13. The van der Waals surface area contributed by atoms with E-state index < -0.39 is 0 Å². The van der Waals surface area contributed by atoms with Crippen molar-refractivity contribution in [2.75, 3.05) is 0 Å². The zero-order chi connectivity index (χ0) is 10.8. The first-order valence-corrected chi connectivity index (χ1v) is 4.37. The summed E-state index contributed by atoms with van der Waals surface area (Å²) in [6, 6.07) is 3.78. The van der Waals surface area contributed by atoms with Crippen LogP contribution in [-0.4, -0.2) is 25.4 Å². The number of hydrogen-bond donors (Lipinski definition) is 2. The molecular formula is C9H11N5O. The Kier molecular flexibility index (Phi) is 2.17. The first-order valence-electron chi connectivity index (χ1n) is 4.37. The molecule has 0 aromatic carbocycles. The van der Waals surface area contributed by atoms with Crippen LogP contribution in [-0.2, 0) is 7.05 Å². The number of amidine groups is 1. The van der Waals surface area contributed by atoms with Crippen molar-refractivity contribution in [3.63, 3.8) is 0 Å². The van der Waals surface area contributed by atoms with E-state index in [2.05, 4.69) is 10.3 Å². The minimum Gasteiger partial charge on any atom is -0.409 e. The molecule has 0 aliphatic rings. The maximum atomic E-state index is 8.64. The molecule has 0 atom stereocenters. The summed E-state index contributed by atoms with van der Waals surface area (Å²) in [6.45, 7) is 0. The van der Waals surface area contributed by atoms with Crippen molar-refractivity contribution >= 4 is 5.84 Å². The number of nitrogens with zero attached hydrogens (tertiary/aromatic N) is 4. The van der Waals surface area contributed by atoms with Crippen LogP contribution in [0.3, 0.4) is 0 Å². The third kappa shape index (κ3) is 1.45. The van der Waals surface area contributed by atoms with Crippen molar-refractivity contribution in [3.05, 3.63) is 36.3 Å². The minimum atomic E-state index is 0.0480. The zero-order valence-electron chi connectivity index (χ0n) is 8.20. The van der Waals surface area contributed by atoms with Crippen molar-refractivity contribution in [2.45, 2.75) is 0 Å². The van der Waals surface area contributed by atoms with Crippen LogP contribution < -0.4 is 5.73 Å². The largest absolute Gasteiger partial charge is 0.409 e. The van der Waals surface area contributed by atoms with Crippen molar-refractivity contribution in [3.8, 4) is 5.82 Å². The summed E-state index contributed by atoms with van der Waals surface area (Å²) in [5.41, 5.74) is 6.14. The first kappa shape index (κ1) is 9.32.